The molecule has 4 aromatic rings. The summed E-state index contributed by atoms with van der Waals surface area (Å²) >= 11 is 1.08. The topological polar surface area (TPSA) is 73.8 Å². The van der Waals surface area contributed by atoms with Crippen LogP contribution in [0.3, 0.4) is 0 Å². The van der Waals surface area contributed by atoms with Crippen LogP contribution in [-0.4, -0.2) is 17.1 Å². The number of aryl methyl sites for hydroxylation is 1. The second-order valence-corrected chi connectivity index (χ2v) is 9.06. The van der Waals surface area contributed by atoms with Crippen molar-refractivity contribution in [2.24, 2.45) is 4.99 Å². The molecule has 0 fully saturated rings. The van der Waals surface area contributed by atoms with Crippen LogP contribution in [0.15, 0.2) is 80.4 Å². The van der Waals surface area contributed by atoms with Gasteiger partial charge < -0.3 is 9.15 Å². The van der Waals surface area contributed by atoms with Gasteiger partial charge in [-0.3, -0.25) is 9.36 Å². The number of hydrogen-bond donors (Lipinski definition) is 0. The number of esters is 1. The van der Waals surface area contributed by atoms with E-state index >= 15 is 0 Å². The zero-order valence-electron chi connectivity index (χ0n) is 19.3. The molecule has 0 aliphatic carbocycles. The average molecular weight is 507 g/mol. The monoisotopic (exact) mass is 506 g/mol. The number of fused-ring (bicyclic) bond motifs is 1. The largest absolute Gasteiger partial charge is 0.464 e. The molecule has 0 spiro atoms. The second kappa shape index (κ2) is 9.50. The van der Waals surface area contributed by atoms with Crippen molar-refractivity contribution in [2.45, 2.75) is 19.9 Å². The van der Waals surface area contributed by atoms with Crippen molar-refractivity contribution >= 4 is 29.1 Å². The minimum Gasteiger partial charge on any atom is -0.464 e. The van der Waals surface area contributed by atoms with Gasteiger partial charge in [-0.05, 0) is 49.8 Å². The fourth-order valence-corrected chi connectivity index (χ4v) is 5.06. The molecule has 2 aromatic carbocycles. The Morgan fingerprint density at radius 3 is 2.58 bits per heavy atom. The van der Waals surface area contributed by atoms with Crippen LogP contribution in [0, 0.1) is 18.6 Å². The Morgan fingerprint density at radius 2 is 1.92 bits per heavy atom. The Hall–Kier alpha value is -4.11. The van der Waals surface area contributed by atoms with E-state index in [0.717, 1.165) is 23.5 Å². The Balaban J connectivity index is 1.82. The van der Waals surface area contributed by atoms with Crippen LogP contribution < -0.4 is 14.9 Å². The van der Waals surface area contributed by atoms with Crippen molar-refractivity contribution in [1.82, 2.24) is 4.57 Å². The molecule has 36 heavy (non-hydrogen) atoms. The van der Waals surface area contributed by atoms with Crippen molar-refractivity contribution in [3.8, 4) is 0 Å². The first-order chi connectivity index (χ1) is 17.4. The van der Waals surface area contributed by atoms with Crippen LogP contribution in [0.5, 0.6) is 0 Å². The third kappa shape index (κ3) is 4.22. The van der Waals surface area contributed by atoms with Crippen LogP contribution in [0.1, 0.15) is 35.6 Å². The lowest BCUT2D eigenvalue weighted by atomic mass is 9.97. The van der Waals surface area contributed by atoms with Gasteiger partial charge in [0.2, 0.25) is 0 Å². The Kier molecular flexibility index (Phi) is 6.24. The molecule has 0 amide bonds. The molecule has 5 rings (SSSR count). The van der Waals surface area contributed by atoms with E-state index in [2.05, 4.69) is 0 Å². The maximum absolute atomic E-state index is 13.8. The standard InChI is InChI=1S/C27H20F2N2O4S/c1-3-34-26(33)22-23(17-7-5-4-6-8-17)30-27-31(24(22)20-12-9-15(2)35-20)25(32)21(36-27)14-16-10-11-18(28)19(29)13-16/h4-14,24H,3H2,1-2H3. The minimum absolute atomic E-state index is 0.134. The smallest absolute Gasteiger partial charge is 0.338 e. The molecule has 6 nitrogen and oxygen atoms in total. The predicted molar refractivity (Wildman–Crippen MR) is 131 cm³/mol. The molecule has 1 aliphatic rings. The first-order valence-corrected chi connectivity index (χ1v) is 12.0. The number of halogens is 2. The molecule has 0 saturated heterocycles. The van der Waals surface area contributed by atoms with Crippen molar-refractivity contribution in [3.63, 3.8) is 0 Å². The molecule has 0 bridgehead atoms. The molecule has 182 valence electrons. The summed E-state index contributed by atoms with van der Waals surface area (Å²) in [6, 6.07) is 15.0. The SMILES string of the molecule is CCOC(=O)C1=C(c2ccccc2)N=c2sc(=Cc3ccc(F)c(F)c3)c(=O)n2C1c1ccc(C)o1. The number of hydrogen-bond acceptors (Lipinski definition) is 6. The van der Waals surface area contributed by atoms with Crippen LogP contribution >= 0.6 is 11.3 Å². The minimum atomic E-state index is -1.02. The van der Waals surface area contributed by atoms with Gasteiger partial charge in [0.15, 0.2) is 16.4 Å². The number of benzene rings is 2. The van der Waals surface area contributed by atoms with Gasteiger partial charge in [0.05, 0.1) is 22.4 Å². The first kappa shape index (κ1) is 23.6. The molecule has 3 heterocycles. The molecule has 2 aromatic heterocycles. The maximum Gasteiger partial charge on any atom is 0.338 e. The quantitative estimate of drug-likeness (QED) is 0.382. The molecule has 0 N–H and O–H groups in total. The highest BCUT2D eigenvalue weighted by molar-refractivity contribution is 7.07. The number of nitrogens with zero attached hydrogens (tertiary/aromatic N) is 2. The van der Waals surface area contributed by atoms with E-state index in [-0.39, 0.29) is 16.7 Å². The van der Waals surface area contributed by atoms with Crippen LogP contribution in [0.25, 0.3) is 11.8 Å². The van der Waals surface area contributed by atoms with Gasteiger partial charge in [-0.25, -0.2) is 18.6 Å². The molecule has 0 saturated carbocycles. The second-order valence-electron chi connectivity index (χ2n) is 8.05. The van der Waals surface area contributed by atoms with E-state index in [4.69, 9.17) is 14.1 Å². The number of aromatic nitrogens is 1. The third-order valence-corrected chi connectivity index (χ3v) is 6.63. The maximum atomic E-state index is 13.8. The lowest BCUT2D eigenvalue weighted by molar-refractivity contribution is -0.139. The highest BCUT2D eigenvalue weighted by Crippen LogP contribution is 2.35. The van der Waals surface area contributed by atoms with Crippen molar-refractivity contribution in [2.75, 3.05) is 6.61 Å². The molecule has 1 aliphatic heterocycles. The molecule has 0 radical (unpaired) electrons. The van der Waals surface area contributed by atoms with Gasteiger partial charge in [-0.1, -0.05) is 47.7 Å². The van der Waals surface area contributed by atoms with Crippen molar-refractivity contribution < 1.29 is 22.7 Å². The lowest BCUT2D eigenvalue weighted by Crippen LogP contribution is -2.39. The number of rotatable bonds is 5. The third-order valence-electron chi connectivity index (χ3n) is 5.65. The Bertz CT molecular complexity index is 1680. The molecule has 9 heteroatoms. The summed E-state index contributed by atoms with van der Waals surface area (Å²) in [5, 5.41) is 0. The predicted octanol–water partition coefficient (Wildman–Crippen LogP) is 4.12. The zero-order chi connectivity index (χ0) is 25.4. The van der Waals surface area contributed by atoms with Gasteiger partial charge >= 0.3 is 5.97 Å². The number of carbonyl (C=O) groups excluding carboxylic acids is 1. The van der Waals surface area contributed by atoms with Crippen LogP contribution in [-0.2, 0) is 9.53 Å². The van der Waals surface area contributed by atoms with Gasteiger partial charge in [0.1, 0.15) is 17.6 Å². The van der Waals surface area contributed by atoms with Gasteiger partial charge in [0.25, 0.3) is 5.56 Å². The molecular weight excluding hydrogens is 486 g/mol. The highest BCUT2D eigenvalue weighted by atomic mass is 32.1. The Morgan fingerprint density at radius 1 is 1.14 bits per heavy atom. The Labute approximate surface area is 208 Å². The van der Waals surface area contributed by atoms with Crippen molar-refractivity contribution in [3.05, 3.63) is 120 Å². The average Bonchev–Trinajstić information content (AvgIpc) is 3.44. The van der Waals surface area contributed by atoms with Gasteiger partial charge in [-0.2, -0.15) is 0 Å². The van der Waals surface area contributed by atoms with E-state index < -0.39 is 29.2 Å². The van der Waals surface area contributed by atoms with E-state index in [1.165, 1.54) is 16.7 Å². The van der Waals surface area contributed by atoms with E-state index in [9.17, 15) is 18.4 Å². The van der Waals surface area contributed by atoms with E-state index in [0.29, 0.717) is 33.1 Å². The van der Waals surface area contributed by atoms with Crippen LogP contribution in [0.2, 0.25) is 0 Å². The number of thiazole rings is 1. The summed E-state index contributed by atoms with van der Waals surface area (Å²) in [4.78, 5) is 31.9. The summed E-state index contributed by atoms with van der Waals surface area (Å²) in [5.74, 6) is -1.63. The fraction of sp³-hybridized carbons (Fsp3) is 0.148. The van der Waals surface area contributed by atoms with Gasteiger partial charge in [-0.15, -0.1) is 0 Å². The summed E-state index contributed by atoms with van der Waals surface area (Å²) in [7, 11) is 0. The number of furan rings is 1. The summed E-state index contributed by atoms with van der Waals surface area (Å²) in [6.45, 7) is 3.60. The summed E-state index contributed by atoms with van der Waals surface area (Å²) < 4.78 is 40.1. The number of ether oxygens (including phenoxy) is 1. The van der Waals surface area contributed by atoms with Gasteiger partial charge in [0, 0.05) is 5.56 Å². The molecular formula is C27H20F2N2O4S. The van der Waals surface area contributed by atoms with E-state index in [1.807, 2.05) is 30.3 Å². The summed E-state index contributed by atoms with van der Waals surface area (Å²) in [5.41, 5.74) is 1.08. The fourth-order valence-electron chi connectivity index (χ4n) is 4.06. The summed E-state index contributed by atoms with van der Waals surface area (Å²) in [6.07, 6.45) is 1.47. The normalized spacial score (nSPS) is 15.6. The first-order valence-electron chi connectivity index (χ1n) is 11.2. The lowest BCUT2D eigenvalue weighted by Gasteiger charge is -2.24. The molecule has 1 unspecified atom stereocenters. The molecule has 1 atom stereocenters. The zero-order valence-corrected chi connectivity index (χ0v) is 20.1. The number of carbonyl (C=O) groups is 1. The van der Waals surface area contributed by atoms with Crippen molar-refractivity contribution in [1.29, 1.82) is 0 Å². The van der Waals surface area contributed by atoms with E-state index in [1.54, 1.807) is 26.0 Å². The van der Waals surface area contributed by atoms with Crippen LogP contribution in [0.4, 0.5) is 8.78 Å². The highest BCUT2D eigenvalue weighted by Gasteiger charge is 2.37.